The van der Waals surface area contributed by atoms with Gasteiger partial charge in [0.25, 0.3) is 0 Å². The Labute approximate surface area is 120 Å². The summed E-state index contributed by atoms with van der Waals surface area (Å²) in [5.74, 6) is 0.0239. The molecule has 20 heavy (non-hydrogen) atoms. The zero-order valence-corrected chi connectivity index (χ0v) is 12.6. The van der Waals surface area contributed by atoms with Crippen LogP contribution in [0.3, 0.4) is 0 Å². The van der Waals surface area contributed by atoms with E-state index in [4.69, 9.17) is 4.74 Å². The van der Waals surface area contributed by atoms with E-state index in [0.29, 0.717) is 6.54 Å². The molecule has 0 aromatic carbocycles. The van der Waals surface area contributed by atoms with E-state index in [2.05, 4.69) is 5.32 Å². The molecule has 0 radical (unpaired) electrons. The van der Waals surface area contributed by atoms with E-state index in [-0.39, 0.29) is 18.5 Å². The Bertz CT molecular complexity index is 378. The topological polar surface area (TPSA) is 61.9 Å². The highest BCUT2D eigenvalue weighted by Gasteiger charge is 2.36. The Balaban J connectivity index is 2.01. The number of amides is 2. The number of rotatable bonds is 0. The highest BCUT2D eigenvalue weighted by molar-refractivity contribution is 5.84. The molecule has 2 aliphatic rings. The van der Waals surface area contributed by atoms with Crippen LogP contribution in [0.1, 0.15) is 33.6 Å². The van der Waals surface area contributed by atoms with Gasteiger partial charge in [-0.1, -0.05) is 0 Å². The monoisotopic (exact) mass is 283 g/mol. The molecule has 0 bridgehead atoms. The minimum absolute atomic E-state index is 0.0239. The zero-order valence-electron chi connectivity index (χ0n) is 12.6. The predicted molar refractivity (Wildman–Crippen MR) is 75.4 cm³/mol. The summed E-state index contributed by atoms with van der Waals surface area (Å²) < 4.78 is 5.36. The number of hydrogen-bond donors (Lipinski definition) is 1. The molecular weight excluding hydrogens is 258 g/mol. The number of nitrogens with one attached hydrogen (secondary N) is 1. The minimum atomic E-state index is -0.531. The summed E-state index contributed by atoms with van der Waals surface area (Å²) in [4.78, 5) is 27.8. The highest BCUT2D eigenvalue weighted by atomic mass is 16.6. The molecule has 2 amide bonds. The molecule has 114 valence electrons. The molecule has 2 heterocycles. The van der Waals surface area contributed by atoms with Gasteiger partial charge in [-0.2, -0.15) is 0 Å². The van der Waals surface area contributed by atoms with Gasteiger partial charge in [-0.25, -0.2) is 4.79 Å². The van der Waals surface area contributed by atoms with Crippen molar-refractivity contribution in [3.63, 3.8) is 0 Å². The van der Waals surface area contributed by atoms with E-state index >= 15 is 0 Å². The van der Waals surface area contributed by atoms with Crippen molar-refractivity contribution in [3.8, 4) is 0 Å². The number of fused-ring (bicyclic) bond motifs is 1. The van der Waals surface area contributed by atoms with Crippen molar-refractivity contribution in [1.82, 2.24) is 15.1 Å². The van der Waals surface area contributed by atoms with Crippen LogP contribution in [-0.4, -0.2) is 66.2 Å². The maximum absolute atomic E-state index is 12.2. The first-order valence-electron chi connectivity index (χ1n) is 7.35. The van der Waals surface area contributed by atoms with Gasteiger partial charge in [0.2, 0.25) is 5.91 Å². The summed E-state index contributed by atoms with van der Waals surface area (Å²) in [6, 6.07) is 0.0593. The number of nitrogens with zero attached hydrogens (tertiary/aromatic N) is 2. The summed E-state index contributed by atoms with van der Waals surface area (Å²) in [5.41, 5.74) is -0.531. The van der Waals surface area contributed by atoms with Crippen LogP contribution in [0.15, 0.2) is 0 Å². The molecule has 0 saturated carbocycles. The Morgan fingerprint density at radius 1 is 1.35 bits per heavy atom. The number of piperazine rings is 1. The summed E-state index contributed by atoms with van der Waals surface area (Å²) >= 11 is 0. The van der Waals surface area contributed by atoms with Crippen molar-refractivity contribution in [2.24, 2.45) is 0 Å². The molecule has 2 rings (SSSR count). The predicted octanol–water partition coefficient (Wildman–Crippen LogP) is 0.818. The second kappa shape index (κ2) is 5.99. The van der Waals surface area contributed by atoms with E-state index in [9.17, 15) is 9.59 Å². The average molecular weight is 283 g/mol. The third kappa shape index (κ3) is 3.85. The molecular formula is C14H25N3O3. The van der Waals surface area contributed by atoms with Crippen molar-refractivity contribution in [2.45, 2.75) is 45.3 Å². The Morgan fingerprint density at radius 2 is 2.10 bits per heavy atom. The van der Waals surface area contributed by atoms with E-state index in [1.165, 1.54) is 4.90 Å². The molecule has 1 atom stereocenters. The van der Waals surface area contributed by atoms with Crippen LogP contribution in [-0.2, 0) is 9.53 Å². The van der Waals surface area contributed by atoms with Gasteiger partial charge in [-0.05, 0) is 40.2 Å². The first-order valence-corrected chi connectivity index (χ1v) is 7.35. The van der Waals surface area contributed by atoms with Crippen LogP contribution in [0.5, 0.6) is 0 Å². The normalized spacial score (nSPS) is 24.8. The highest BCUT2D eigenvalue weighted by Crippen LogP contribution is 2.17. The van der Waals surface area contributed by atoms with Crippen molar-refractivity contribution in [1.29, 1.82) is 0 Å². The molecule has 6 nitrogen and oxygen atoms in total. The molecule has 2 saturated heterocycles. The van der Waals surface area contributed by atoms with Gasteiger partial charge in [-0.15, -0.1) is 0 Å². The average Bonchev–Trinajstić information content (AvgIpc) is 2.28. The molecule has 6 heteroatoms. The number of carbonyl (C=O) groups excluding carboxylic acids is 2. The van der Waals surface area contributed by atoms with E-state index < -0.39 is 11.7 Å². The Hall–Kier alpha value is -1.30. The number of hydrogen-bond acceptors (Lipinski definition) is 4. The largest absolute Gasteiger partial charge is 0.444 e. The first kappa shape index (κ1) is 15.1. The standard InChI is InChI=1S/C14H25N3O3/c1-14(2,3)20-13(19)16-9-11-8-15-6-4-5-7-17(11)12(18)10-16/h11,15H,4-10H2,1-3H3. The van der Waals surface area contributed by atoms with E-state index in [0.717, 1.165) is 32.5 Å². The maximum Gasteiger partial charge on any atom is 0.410 e. The fourth-order valence-corrected chi connectivity index (χ4v) is 2.62. The minimum Gasteiger partial charge on any atom is -0.444 e. The summed E-state index contributed by atoms with van der Waals surface area (Å²) in [6.45, 7) is 8.70. The zero-order chi connectivity index (χ0) is 14.8. The van der Waals surface area contributed by atoms with Gasteiger partial charge >= 0.3 is 6.09 Å². The second-order valence-electron chi connectivity index (χ2n) is 6.51. The number of carbonyl (C=O) groups is 2. The lowest BCUT2D eigenvalue weighted by atomic mass is 10.1. The van der Waals surface area contributed by atoms with Gasteiger partial charge in [-0.3, -0.25) is 9.69 Å². The molecule has 2 aliphatic heterocycles. The lowest BCUT2D eigenvalue weighted by molar-refractivity contribution is -0.139. The Kier molecular flexibility index (Phi) is 4.52. The summed E-state index contributed by atoms with van der Waals surface area (Å²) in [7, 11) is 0. The molecule has 2 fully saturated rings. The van der Waals surface area contributed by atoms with Crippen LogP contribution < -0.4 is 5.32 Å². The number of ether oxygens (including phenoxy) is 1. The third-order valence-electron chi connectivity index (χ3n) is 3.55. The van der Waals surface area contributed by atoms with Crippen LogP contribution in [0, 0.1) is 0 Å². The molecule has 1 unspecified atom stereocenters. The van der Waals surface area contributed by atoms with Crippen LogP contribution in [0.4, 0.5) is 4.79 Å². The van der Waals surface area contributed by atoms with Gasteiger partial charge in [0, 0.05) is 19.6 Å². The van der Waals surface area contributed by atoms with Crippen molar-refractivity contribution >= 4 is 12.0 Å². The van der Waals surface area contributed by atoms with Gasteiger partial charge < -0.3 is 15.0 Å². The van der Waals surface area contributed by atoms with Gasteiger partial charge in [0.05, 0.1) is 6.04 Å². The van der Waals surface area contributed by atoms with Gasteiger partial charge in [0.15, 0.2) is 0 Å². The fourth-order valence-electron chi connectivity index (χ4n) is 2.62. The molecule has 1 N–H and O–H groups in total. The fraction of sp³-hybridized carbons (Fsp3) is 0.857. The van der Waals surface area contributed by atoms with E-state index in [1.54, 1.807) is 0 Å². The SMILES string of the molecule is CC(C)(C)OC(=O)N1CC(=O)N2CCCCNCC2C1. The lowest BCUT2D eigenvalue weighted by Crippen LogP contribution is -2.61. The summed E-state index contributed by atoms with van der Waals surface area (Å²) in [5, 5.41) is 3.34. The second-order valence-corrected chi connectivity index (χ2v) is 6.51. The van der Waals surface area contributed by atoms with Crippen LogP contribution in [0.25, 0.3) is 0 Å². The smallest absolute Gasteiger partial charge is 0.410 e. The lowest BCUT2D eigenvalue weighted by Gasteiger charge is -2.42. The molecule has 0 aromatic heterocycles. The first-order chi connectivity index (χ1) is 9.37. The molecule has 0 aromatic rings. The van der Waals surface area contributed by atoms with Crippen molar-refractivity contribution < 1.29 is 14.3 Å². The molecule has 0 aliphatic carbocycles. The van der Waals surface area contributed by atoms with Crippen LogP contribution >= 0.6 is 0 Å². The van der Waals surface area contributed by atoms with Gasteiger partial charge in [0.1, 0.15) is 12.1 Å². The van der Waals surface area contributed by atoms with E-state index in [1.807, 2.05) is 25.7 Å². The van der Waals surface area contributed by atoms with Crippen molar-refractivity contribution in [3.05, 3.63) is 0 Å². The summed E-state index contributed by atoms with van der Waals surface area (Å²) in [6.07, 6.45) is 1.71. The maximum atomic E-state index is 12.2. The quantitative estimate of drug-likeness (QED) is 0.715. The Morgan fingerprint density at radius 3 is 2.80 bits per heavy atom. The third-order valence-corrected chi connectivity index (χ3v) is 3.55. The van der Waals surface area contributed by atoms with Crippen molar-refractivity contribution in [2.75, 3.05) is 32.7 Å². The van der Waals surface area contributed by atoms with Crippen LogP contribution in [0.2, 0.25) is 0 Å². The molecule has 0 spiro atoms.